The van der Waals surface area contributed by atoms with E-state index in [4.69, 9.17) is 5.41 Å². The summed E-state index contributed by atoms with van der Waals surface area (Å²) in [5.41, 5.74) is 1.89. The van der Waals surface area contributed by atoms with E-state index < -0.39 is 0 Å². The lowest BCUT2D eigenvalue weighted by Gasteiger charge is -1.95. The molecule has 10 heavy (non-hydrogen) atoms. The van der Waals surface area contributed by atoms with Gasteiger partial charge in [-0.15, -0.1) is 0 Å². The van der Waals surface area contributed by atoms with Crippen molar-refractivity contribution in [3.8, 4) is 0 Å². The molecule has 0 radical (unpaired) electrons. The molecule has 54 valence electrons. The van der Waals surface area contributed by atoms with Gasteiger partial charge in [0.05, 0.1) is 11.4 Å². The molecule has 0 rings (SSSR count). The van der Waals surface area contributed by atoms with Gasteiger partial charge >= 0.3 is 0 Å². The summed E-state index contributed by atoms with van der Waals surface area (Å²) in [4.78, 5) is 3.65. The fraction of sp³-hybridized carbons (Fsp3) is 0.250. The van der Waals surface area contributed by atoms with Gasteiger partial charge in [-0.25, -0.2) is 0 Å². The number of hydrogen-bond donors (Lipinski definition) is 1. The van der Waals surface area contributed by atoms with Gasteiger partial charge < -0.3 is 5.41 Å². The van der Waals surface area contributed by atoms with Crippen molar-refractivity contribution < 1.29 is 0 Å². The van der Waals surface area contributed by atoms with E-state index in [2.05, 4.69) is 18.3 Å². The van der Waals surface area contributed by atoms with Crippen molar-refractivity contribution >= 4 is 12.4 Å². The molecular formula is C8H12N2. The zero-order valence-electron chi connectivity index (χ0n) is 6.44. The van der Waals surface area contributed by atoms with Crippen molar-refractivity contribution in [2.45, 2.75) is 13.8 Å². The largest absolute Gasteiger partial charge is 0.303 e. The molecule has 0 fully saturated rings. The highest BCUT2D eigenvalue weighted by atomic mass is 14.7. The van der Waals surface area contributed by atoms with Gasteiger partial charge in [0, 0.05) is 0 Å². The molecule has 2 nitrogen and oxygen atoms in total. The molecule has 2 heteroatoms. The van der Waals surface area contributed by atoms with Crippen LogP contribution in [0.1, 0.15) is 13.8 Å². The lowest BCUT2D eigenvalue weighted by atomic mass is 10.2. The predicted molar refractivity (Wildman–Crippen MR) is 45.8 cm³/mol. The van der Waals surface area contributed by atoms with Crippen LogP contribution in [-0.4, -0.2) is 12.4 Å². The summed E-state index contributed by atoms with van der Waals surface area (Å²) >= 11 is 0. The van der Waals surface area contributed by atoms with Crippen LogP contribution in [0.25, 0.3) is 0 Å². The fourth-order valence-corrected chi connectivity index (χ4v) is 0.506. The van der Waals surface area contributed by atoms with Gasteiger partial charge in [-0.2, -0.15) is 0 Å². The van der Waals surface area contributed by atoms with Gasteiger partial charge in [-0.3, -0.25) is 4.99 Å². The van der Waals surface area contributed by atoms with Crippen LogP contribution in [0.15, 0.2) is 28.9 Å². The normalized spacial score (nSPS) is 10.8. The Labute approximate surface area is 61.5 Å². The molecule has 0 heterocycles. The van der Waals surface area contributed by atoms with E-state index in [1.165, 1.54) is 0 Å². The van der Waals surface area contributed by atoms with Crippen molar-refractivity contribution in [3.63, 3.8) is 0 Å². The minimum Gasteiger partial charge on any atom is -0.303 e. The van der Waals surface area contributed by atoms with Gasteiger partial charge in [0.25, 0.3) is 0 Å². The molecule has 0 saturated carbocycles. The zero-order chi connectivity index (χ0) is 8.15. The monoisotopic (exact) mass is 136 g/mol. The molecule has 0 spiro atoms. The number of nitrogens with zero attached hydrogens (tertiary/aromatic N) is 1. The number of nitrogens with one attached hydrogen (secondary N) is 1. The van der Waals surface area contributed by atoms with Crippen molar-refractivity contribution in [3.05, 3.63) is 23.9 Å². The van der Waals surface area contributed by atoms with E-state index in [0.29, 0.717) is 11.4 Å². The van der Waals surface area contributed by atoms with Gasteiger partial charge in [-0.1, -0.05) is 12.2 Å². The van der Waals surface area contributed by atoms with E-state index in [0.717, 1.165) is 5.57 Å². The maximum absolute atomic E-state index is 7.20. The average molecular weight is 136 g/mol. The van der Waals surface area contributed by atoms with Gasteiger partial charge in [0.15, 0.2) is 0 Å². The Bertz CT molecular complexity index is 199. The molecule has 0 saturated heterocycles. The Morgan fingerprint density at radius 3 is 2.10 bits per heavy atom. The van der Waals surface area contributed by atoms with E-state index in [9.17, 15) is 0 Å². The SMILES string of the molecule is C=N/C(=C\C(=C)C)C(C)=N. The topological polar surface area (TPSA) is 36.2 Å². The number of allylic oxidation sites excluding steroid dienone is 3. The van der Waals surface area contributed by atoms with E-state index in [1.807, 2.05) is 6.92 Å². The van der Waals surface area contributed by atoms with Gasteiger partial charge in [-0.05, 0) is 26.6 Å². The highest BCUT2D eigenvalue weighted by Gasteiger charge is 1.93. The van der Waals surface area contributed by atoms with Crippen LogP contribution >= 0.6 is 0 Å². The number of aliphatic imine (C=N–C) groups is 1. The van der Waals surface area contributed by atoms with E-state index >= 15 is 0 Å². The summed E-state index contributed by atoms with van der Waals surface area (Å²) < 4.78 is 0. The first-order chi connectivity index (χ1) is 4.57. The summed E-state index contributed by atoms with van der Waals surface area (Å²) in [7, 11) is 0. The summed E-state index contributed by atoms with van der Waals surface area (Å²) in [5.74, 6) is 0. The van der Waals surface area contributed by atoms with Crippen LogP contribution in [0.4, 0.5) is 0 Å². The first-order valence-corrected chi connectivity index (χ1v) is 2.97. The maximum atomic E-state index is 7.20. The lowest BCUT2D eigenvalue weighted by molar-refractivity contribution is 1.36. The summed E-state index contributed by atoms with van der Waals surface area (Å²) in [6, 6.07) is 0. The Balaban J connectivity index is 4.49. The van der Waals surface area contributed by atoms with Crippen molar-refractivity contribution in [1.82, 2.24) is 0 Å². The average Bonchev–Trinajstić information content (AvgIpc) is 1.81. The second kappa shape index (κ2) is 3.77. The molecule has 0 atom stereocenters. The van der Waals surface area contributed by atoms with E-state index in [1.54, 1.807) is 13.0 Å². The quantitative estimate of drug-likeness (QED) is 0.456. The Hall–Kier alpha value is -1.18. The second-order valence-corrected chi connectivity index (χ2v) is 2.16. The van der Waals surface area contributed by atoms with E-state index in [-0.39, 0.29) is 0 Å². The summed E-state index contributed by atoms with van der Waals surface area (Å²) in [5, 5.41) is 7.20. The number of rotatable bonds is 3. The predicted octanol–water partition coefficient (Wildman–Crippen LogP) is 2.19. The van der Waals surface area contributed by atoms with Crippen molar-refractivity contribution in [2.24, 2.45) is 4.99 Å². The molecule has 0 aromatic carbocycles. The maximum Gasteiger partial charge on any atom is 0.0829 e. The third-order valence-electron chi connectivity index (χ3n) is 0.938. The molecule has 0 bridgehead atoms. The van der Waals surface area contributed by atoms with Crippen LogP contribution < -0.4 is 0 Å². The van der Waals surface area contributed by atoms with Crippen LogP contribution in [0.2, 0.25) is 0 Å². The molecule has 0 aliphatic carbocycles. The molecule has 0 amide bonds. The van der Waals surface area contributed by atoms with Gasteiger partial charge in [0.1, 0.15) is 0 Å². The smallest absolute Gasteiger partial charge is 0.0829 e. The third-order valence-corrected chi connectivity index (χ3v) is 0.938. The molecule has 1 N–H and O–H groups in total. The van der Waals surface area contributed by atoms with Crippen molar-refractivity contribution in [1.29, 1.82) is 5.41 Å². The Kier molecular flexibility index (Phi) is 3.33. The zero-order valence-corrected chi connectivity index (χ0v) is 6.44. The first kappa shape index (κ1) is 8.82. The molecule has 0 aromatic heterocycles. The minimum atomic E-state index is 0.415. The number of hydrogen-bond acceptors (Lipinski definition) is 2. The fourth-order valence-electron chi connectivity index (χ4n) is 0.506. The minimum absolute atomic E-state index is 0.415. The van der Waals surface area contributed by atoms with Crippen LogP contribution in [0, 0.1) is 5.41 Å². The summed E-state index contributed by atoms with van der Waals surface area (Å²) in [6.07, 6.45) is 1.73. The molecule has 0 aromatic rings. The molecule has 0 aliphatic rings. The standard InChI is InChI=1S/C8H12N2/c1-6(2)5-8(10-4)7(3)9/h5,9H,1,4H2,2-3H3/b8-5-,9-7?. The highest BCUT2D eigenvalue weighted by Crippen LogP contribution is 2.01. The molecule has 0 unspecified atom stereocenters. The highest BCUT2D eigenvalue weighted by molar-refractivity contribution is 5.96. The van der Waals surface area contributed by atoms with Crippen molar-refractivity contribution in [2.75, 3.05) is 0 Å². The Morgan fingerprint density at radius 1 is 1.50 bits per heavy atom. The Morgan fingerprint density at radius 2 is 2.00 bits per heavy atom. The van der Waals surface area contributed by atoms with Crippen LogP contribution in [0.3, 0.4) is 0 Å². The van der Waals surface area contributed by atoms with Crippen LogP contribution in [-0.2, 0) is 0 Å². The third kappa shape index (κ3) is 2.97. The lowest BCUT2D eigenvalue weighted by Crippen LogP contribution is -1.91. The second-order valence-electron chi connectivity index (χ2n) is 2.16. The first-order valence-electron chi connectivity index (χ1n) is 2.97. The molecule has 0 aliphatic heterocycles. The molecular weight excluding hydrogens is 124 g/mol. The summed E-state index contributed by atoms with van der Waals surface area (Å²) in [6.45, 7) is 10.5. The van der Waals surface area contributed by atoms with Crippen LogP contribution in [0.5, 0.6) is 0 Å². The van der Waals surface area contributed by atoms with Gasteiger partial charge in [0.2, 0.25) is 0 Å².